The summed E-state index contributed by atoms with van der Waals surface area (Å²) in [5.74, 6) is 0.810. The lowest BCUT2D eigenvalue weighted by molar-refractivity contribution is -0.142. The van der Waals surface area contributed by atoms with Crippen LogP contribution in [0.3, 0.4) is 0 Å². The first kappa shape index (κ1) is 18.7. The number of hydrogen-bond acceptors (Lipinski definition) is 5. The van der Waals surface area contributed by atoms with Gasteiger partial charge in [0.2, 0.25) is 0 Å². The largest absolute Gasteiger partial charge is 0.504 e. The topological polar surface area (TPSA) is 62.2 Å². The van der Waals surface area contributed by atoms with E-state index in [1.807, 2.05) is 23.1 Å². The second kappa shape index (κ2) is 8.56. The maximum atomic E-state index is 12.4. The lowest BCUT2D eigenvalue weighted by Gasteiger charge is -2.36. The van der Waals surface area contributed by atoms with E-state index in [0.29, 0.717) is 32.0 Å². The average Bonchev–Trinajstić information content (AvgIpc) is 3.19. The number of carbonyl (C=O) groups is 1. The van der Waals surface area contributed by atoms with Crippen LogP contribution < -0.4 is 4.74 Å². The summed E-state index contributed by atoms with van der Waals surface area (Å²) in [4.78, 5) is 16.6. The SMILES string of the molecule is C=CCc1cc(CN2CCN(C(=O)C3CCCO3)CC2)c(O)c(OC)c1. The summed E-state index contributed by atoms with van der Waals surface area (Å²) in [6.07, 6.45) is 4.13. The van der Waals surface area contributed by atoms with E-state index < -0.39 is 0 Å². The molecule has 2 heterocycles. The number of aromatic hydroxyl groups is 1. The molecule has 1 unspecified atom stereocenters. The van der Waals surface area contributed by atoms with Gasteiger partial charge in [0.25, 0.3) is 5.91 Å². The number of allylic oxidation sites excluding steroid dienone is 1. The molecule has 1 atom stereocenters. The van der Waals surface area contributed by atoms with Gasteiger partial charge >= 0.3 is 0 Å². The Morgan fingerprint density at radius 2 is 2.15 bits per heavy atom. The van der Waals surface area contributed by atoms with Crippen LogP contribution >= 0.6 is 0 Å². The van der Waals surface area contributed by atoms with Crippen molar-refractivity contribution in [2.75, 3.05) is 39.9 Å². The van der Waals surface area contributed by atoms with E-state index in [1.54, 1.807) is 7.11 Å². The Morgan fingerprint density at radius 1 is 1.38 bits per heavy atom. The minimum atomic E-state index is -0.245. The van der Waals surface area contributed by atoms with Crippen molar-refractivity contribution in [1.29, 1.82) is 0 Å². The summed E-state index contributed by atoms with van der Waals surface area (Å²) < 4.78 is 10.8. The standard InChI is InChI=1S/C20H28N2O4/c1-3-5-15-12-16(19(23)18(13-15)25-2)14-21-7-9-22(10-8-21)20(24)17-6-4-11-26-17/h3,12-13,17,23H,1,4-11,14H2,2H3. The van der Waals surface area contributed by atoms with Gasteiger partial charge in [0.1, 0.15) is 6.10 Å². The van der Waals surface area contributed by atoms with Gasteiger partial charge in [-0.15, -0.1) is 6.58 Å². The molecule has 0 saturated carbocycles. The van der Waals surface area contributed by atoms with Gasteiger partial charge in [-0.3, -0.25) is 9.69 Å². The van der Waals surface area contributed by atoms with Gasteiger partial charge in [0.05, 0.1) is 7.11 Å². The Balaban J connectivity index is 1.61. The van der Waals surface area contributed by atoms with Crippen LogP contribution in [-0.2, 0) is 22.5 Å². The average molecular weight is 360 g/mol. The molecule has 0 radical (unpaired) electrons. The zero-order valence-corrected chi connectivity index (χ0v) is 15.4. The third-order valence-electron chi connectivity index (χ3n) is 5.10. The Morgan fingerprint density at radius 3 is 2.77 bits per heavy atom. The molecule has 0 bridgehead atoms. The lowest BCUT2D eigenvalue weighted by atomic mass is 10.0. The van der Waals surface area contributed by atoms with Crippen LogP contribution in [0.5, 0.6) is 11.5 Å². The molecule has 26 heavy (non-hydrogen) atoms. The molecule has 3 rings (SSSR count). The van der Waals surface area contributed by atoms with Crippen LogP contribution in [0.1, 0.15) is 24.0 Å². The highest BCUT2D eigenvalue weighted by Gasteiger charge is 2.30. The summed E-state index contributed by atoms with van der Waals surface area (Å²) in [5, 5.41) is 10.4. The van der Waals surface area contributed by atoms with Crippen molar-refractivity contribution in [3.05, 3.63) is 35.9 Å². The molecular formula is C20H28N2O4. The highest BCUT2D eigenvalue weighted by Crippen LogP contribution is 2.33. The molecule has 2 aliphatic heterocycles. The van der Waals surface area contributed by atoms with E-state index in [2.05, 4.69) is 11.5 Å². The van der Waals surface area contributed by atoms with E-state index in [9.17, 15) is 9.90 Å². The first-order chi connectivity index (χ1) is 12.6. The summed E-state index contributed by atoms with van der Waals surface area (Å²) >= 11 is 0. The highest BCUT2D eigenvalue weighted by atomic mass is 16.5. The second-order valence-corrected chi connectivity index (χ2v) is 6.90. The third-order valence-corrected chi connectivity index (χ3v) is 5.10. The summed E-state index contributed by atoms with van der Waals surface area (Å²) in [6, 6.07) is 3.85. The van der Waals surface area contributed by atoms with Gasteiger partial charge in [-0.2, -0.15) is 0 Å². The number of hydrogen-bond donors (Lipinski definition) is 1. The van der Waals surface area contributed by atoms with Crippen molar-refractivity contribution in [2.24, 2.45) is 0 Å². The molecule has 1 amide bonds. The minimum Gasteiger partial charge on any atom is -0.504 e. The number of benzene rings is 1. The van der Waals surface area contributed by atoms with Crippen LogP contribution in [0.2, 0.25) is 0 Å². The van der Waals surface area contributed by atoms with Gasteiger partial charge in [0.15, 0.2) is 11.5 Å². The molecule has 142 valence electrons. The van der Waals surface area contributed by atoms with Gasteiger partial charge < -0.3 is 19.5 Å². The molecule has 1 N–H and O–H groups in total. The van der Waals surface area contributed by atoms with E-state index in [4.69, 9.17) is 9.47 Å². The summed E-state index contributed by atoms with van der Waals surface area (Å²) in [7, 11) is 1.56. The van der Waals surface area contributed by atoms with E-state index in [-0.39, 0.29) is 17.8 Å². The third kappa shape index (κ3) is 4.19. The normalized spacial score (nSPS) is 21.0. The Kier molecular flexibility index (Phi) is 6.16. The van der Waals surface area contributed by atoms with Gasteiger partial charge in [0, 0.05) is 44.9 Å². The summed E-state index contributed by atoms with van der Waals surface area (Å²) in [6.45, 7) is 8.06. The number of ether oxygens (including phenoxy) is 2. The van der Waals surface area contributed by atoms with Crippen molar-refractivity contribution in [3.8, 4) is 11.5 Å². The quantitative estimate of drug-likeness (QED) is 0.786. The number of carbonyl (C=O) groups excluding carboxylic acids is 1. The fourth-order valence-electron chi connectivity index (χ4n) is 3.63. The number of rotatable bonds is 6. The van der Waals surface area contributed by atoms with Crippen LogP contribution in [-0.4, -0.2) is 66.8 Å². The van der Waals surface area contributed by atoms with E-state index >= 15 is 0 Å². The Hall–Kier alpha value is -2.05. The Labute approximate surface area is 155 Å². The highest BCUT2D eigenvalue weighted by molar-refractivity contribution is 5.81. The molecule has 2 fully saturated rings. The molecular weight excluding hydrogens is 332 g/mol. The zero-order chi connectivity index (χ0) is 18.5. The van der Waals surface area contributed by atoms with Crippen molar-refractivity contribution >= 4 is 5.91 Å². The van der Waals surface area contributed by atoms with Crippen LogP contribution in [0.4, 0.5) is 0 Å². The molecule has 6 nitrogen and oxygen atoms in total. The Bertz CT molecular complexity index is 647. The molecule has 0 aliphatic carbocycles. The minimum absolute atomic E-state index is 0.125. The maximum Gasteiger partial charge on any atom is 0.251 e. The number of piperazine rings is 1. The smallest absolute Gasteiger partial charge is 0.251 e. The van der Waals surface area contributed by atoms with Crippen molar-refractivity contribution in [3.63, 3.8) is 0 Å². The molecule has 1 aromatic carbocycles. The summed E-state index contributed by atoms with van der Waals surface area (Å²) in [5.41, 5.74) is 1.91. The van der Waals surface area contributed by atoms with E-state index in [0.717, 1.165) is 43.5 Å². The molecule has 0 aromatic heterocycles. The fraction of sp³-hybridized carbons (Fsp3) is 0.550. The molecule has 2 saturated heterocycles. The number of phenolic OH excluding ortho intramolecular Hbond substituents is 1. The van der Waals surface area contributed by atoms with E-state index in [1.165, 1.54) is 0 Å². The first-order valence-electron chi connectivity index (χ1n) is 9.24. The van der Waals surface area contributed by atoms with Crippen LogP contribution in [0.25, 0.3) is 0 Å². The lowest BCUT2D eigenvalue weighted by Crippen LogP contribution is -2.51. The second-order valence-electron chi connectivity index (χ2n) is 6.90. The number of methoxy groups -OCH3 is 1. The molecule has 6 heteroatoms. The van der Waals surface area contributed by atoms with Crippen molar-refractivity contribution in [2.45, 2.75) is 31.9 Å². The number of phenols is 1. The molecule has 2 aliphatic rings. The monoisotopic (exact) mass is 360 g/mol. The van der Waals surface area contributed by atoms with Crippen molar-refractivity contribution in [1.82, 2.24) is 9.80 Å². The van der Waals surface area contributed by atoms with Crippen LogP contribution in [0, 0.1) is 0 Å². The van der Waals surface area contributed by atoms with Crippen molar-refractivity contribution < 1.29 is 19.4 Å². The predicted octanol–water partition coefficient (Wildman–Crippen LogP) is 1.95. The number of amides is 1. The molecule has 0 spiro atoms. The van der Waals surface area contributed by atoms with Crippen LogP contribution in [0.15, 0.2) is 24.8 Å². The maximum absolute atomic E-state index is 12.4. The van der Waals surface area contributed by atoms with Gasteiger partial charge in [-0.05, 0) is 30.9 Å². The zero-order valence-electron chi connectivity index (χ0n) is 15.4. The molecule has 1 aromatic rings. The fourth-order valence-corrected chi connectivity index (χ4v) is 3.63. The van der Waals surface area contributed by atoms with Gasteiger partial charge in [-0.1, -0.05) is 12.1 Å². The predicted molar refractivity (Wildman–Crippen MR) is 99.4 cm³/mol. The van der Waals surface area contributed by atoms with Gasteiger partial charge in [-0.25, -0.2) is 0 Å². The number of nitrogens with zero attached hydrogens (tertiary/aromatic N) is 2. The first-order valence-corrected chi connectivity index (χ1v) is 9.24.